The molecule has 0 saturated carbocycles. The van der Waals surface area contributed by atoms with Gasteiger partial charge in [0, 0.05) is 0 Å². The van der Waals surface area contributed by atoms with Crippen LogP contribution in [0.4, 0.5) is 0 Å². The number of hydrogen-bond acceptors (Lipinski definition) is 8. The molecule has 1 aromatic rings. The molecule has 0 radical (unpaired) electrons. The van der Waals surface area contributed by atoms with Gasteiger partial charge in [0.1, 0.15) is 11.8 Å². The van der Waals surface area contributed by atoms with Crippen LogP contribution in [0.25, 0.3) is 5.57 Å². The van der Waals surface area contributed by atoms with Crippen molar-refractivity contribution in [3.05, 3.63) is 62.8 Å². The normalized spacial score (nSPS) is 26.5. The monoisotopic (exact) mass is 359 g/mol. The Balaban J connectivity index is 2.13. The van der Waals surface area contributed by atoms with Crippen LogP contribution in [0.3, 0.4) is 0 Å². The Labute approximate surface area is 151 Å². The van der Waals surface area contributed by atoms with E-state index >= 15 is 0 Å². The van der Waals surface area contributed by atoms with Gasteiger partial charge < -0.3 is 9.47 Å². The number of ether oxygens (including phenoxy) is 2. The fourth-order valence-electron chi connectivity index (χ4n) is 2.68. The number of nitrogens with zero attached hydrogens (tertiary/aromatic N) is 3. The Bertz CT molecular complexity index is 687. The summed E-state index contributed by atoms with van der Waals surface area (Å²) in [4.78, 5) is 32.8. The van der Waals surface area contributed by atoms with Gasteiger partial charge in [0.15, 0.2) is 12.1 Å². The summed E-state index contributed by atoms with van der Waals surface area (Å²) in [6, 6.07) is 3.75. The lowest BCUT2D eigenvalue weighted by Gasteiger charge is -2.32. The van der Waals surface area contributed by atoms with E-state index in [-0.39, 0.29) is 6.61 Å². The Morgan fingerprint density at radius 2 is 1.85 bits per heavy atom. The van der Waals surface area contributed by atoms with E-state index in [4.69, 9.17) is 9.47 Å². The molecular weight excluding hydrogens is 338 g/mol. The van der Waals surface area contributed by atoms with Crippen LogP contribution < -0.4 is 4.74 Å². The topological polar surface area (TPSA) is 107 Å². The number of rotatable bonds is 8. The Morgan fingerprint density at radius 1 is 1.15 bits per heavy atom. The lowest BCUT2D eigenvalue weighted by molar-refractivity contribution is -0.128. The third kappa shape index (κ3) is 4.45. The van der Waals surface area contributed by atoms with Crippen LogP contribution in [0.15, 0.2) is 58.0 Å². The standard InChI is InChI=1S/C18H21N3O5/c1-3-5-6-12(4-2)13-7-9-14(10-8-13)26-18-17(21-24)16(20-23)15(19-22)11-25-18/h4-10,15-18H,3,11H2,1-2H3/b6-5-,12-4+. The molecule has 4 atom stereocenters. The minimum Gasteiger partial charge on any atom is -0.462 e. The molecule has 4 unspecified atom stereocenters. The third-order valence-corrected chi connectivity index (χ3v) is 4.12. The van der Waals surface area contributed by atoms with E-state index in [1.165, 1.54) is 0 Å². The first-order valence-corrected chi connectivity index (χ1v) is 8.37. The zero-order valence-corrected chi connectivity index (χ0v) is 14.6. The first-order chi connectivity index (χ1) is 12.7. The molecule has 8 heteroatoms. The summed E-state index contributed by atoms with van der Waals surface area (Å²) < 4.78 is 11.0. The van der Waals surface area contributed by atoms with Gasteiger partial charge in [0.05, 0.1) is 6.61 Å². The van der Waals surface area contributed by atoms with E-state index in [1.54, 1.807) is 12.1 Å². The molecule has 0 aliphatic carbocycles. The number of allylic oxidation sites excluding steroid dienone is 4. The molecule has 1 aliphatic rings. The third-order valence-electron chi connectivity index (χ3n) is 4.12. The van der Waals surface area contributed by atoms with Crippen LogP contribution in [0.1, 0.15) is 25.8 Å². The highest BCUT2D eigenvalue weighted by Crippen LogP contribution is 2.27. The average Bonchev–Trinajstić information content (AvgIpc) is 2.69. The van der Waals surface area contributed by atoms with Gasteiger partial charge in [0.25, 0.3) is 0 Å². The fraction of sp³-hybridized carbons (Fsp3) is 0.444. The van der Waals surface area contributed by atoms with Crippen molar-refractivity contribution < 1.29 is 9.47 Å². The first-order valence-electron chi connectivity index (χ1n) is 8.37. The van der Waals surface area contributed by atoms with Gasteiger partial charge in [-0.05, 0) is 36.6 Å². The van der Waals surface area contributed by atoms with Gasteiger partial charge >= 0.3 is 0 Å². The van der Waals surface area contributed by atoms with Crippen molar-refractivity contribution in [3.8, 4) is 5.75 Å². The highest BCUT2D eigenvalue weighted by molar-refractivity contribution is 5.73. The maximum atomic E-state index is 11.1. The second-order valence-corrected chi connectivity index (χ2v) is 5.76. The van der Waals surface area contributed by atoms with Gasteiger partial charge in [-0.2, -0.15) is 14.7 Å². The fourth-order valence-corrected chi connectivity index (χ4v) is 2.68. The van der Waals surface area contributed by atoms with Crippen molar-refractivity contribution in [2.75, 3.05) is 6.61 Å². The number of hydrogen-bond donors (Lipinski definition) is 0. The quantitative estimate of drug-likeness (QED) is 0.511. The molecular formula is C18H21N3O5. The Hall–Kier alpha value is -2.74. The van der Waals surface area contributed by atoms with Gasteiger partial charge in [-0.1, -0.05) is 52.8 Å². The second-order valence-electron chi connectivity index (χ2n) is 5.76. The average molecular weight is 359 g/mol. The lowest BCUT2D eigenvalue weighted by Crippen LogP contribution is -2.52. The van der Waals surface area contributed by atoms with Crippen molar-refractivity contribution in [2.45, 2.75) is 44.7 Å². The van der Waals surface area contributed by atoms with Gasteiger partial charge in [0.2, 0.25) is 6.29 Å². The van der Waals surface area contributed by atoms with E-state index in [1.807, 2.05) is 31.2 Å². The molecule has 0 amide bonds. The van der Waals surface area contributed by atoms with Crippen molar-refractivity contribution >= 4 is 5.57 Å². The summed E-state index contributed by atoms with van der Waals surface area (Å²) in [6.07, 6.45) is 5.96. The van der Waals surface area contributed by atoms with Crippen molar-refractivity contribution in [2.24, 2.45) is 15.5 Å². The van der Waals surface area contributed by atoms with Crippen LogP contribution in [-0.2, 0) is 4.74 Å². The van der Waals surface area contributed by atoms with Crippen LogP contribution in [0.2, 0.25) is 0 Å². The minimum atomic E-state index is -1.23. The molecule has 1 heterocycles. The van der Waals surface area contributed by atoms with Crippen molar-refractivity contribution in [1.29, 1.82) is 0 Å². The molecule has 1 fully saturated rings. The van der Waals surface area contributed by atoms with Crippen LogP contribution >= 0.6 is 0 Å². The predicted molar refractivity (Wildman–Crippen MR) is 98.6 cm³/mol. The molecule has 2 rings (SSSR count). The zero-order valence-electron chi connectivity index (χ0n) is 14.6. The summed E-state index contributed by atoms with van der Waals surface area (Å²) >= 11 is 0. The Kier molecular flexibility index (Phi) is 7.28. The first kappa shape index (κ1) is 19.6. The molecule has 1 aromatic carbocycles. The molecule has 0 N–H and O–H groups in total. The number of nitroso groups, excluding NO2 is 3. The maximum absolute atomic E-state index is 11.1. The van der Waals surface area contributed by atoms with E-state index in [0.717, 1.165) is 17.6 Å². The molecule has 0 bridgehead atoms. The molecule has 1 saturated heterocycles. The second kappa shape index (κ2) is 9.67. The predicted octanol–water partition coefficient (Wildman–Crippen LogP) is 4.20. The summed E-state index contributed by atoms with van der Waals surface area (Å²) in [6.45, 7) is 3.87. The smallest absolute Gasteiger partial charge is 0.228 e. The summed E-state index contributed by atoms with van der Waals surface area (Å²) in [5.74, 6) is 0.449. The Morgan fingerprint density at radius 3 is 2.38 bits per heavy atom. The highest BCUT2D eigenvalue weighted by Gasteiger charge is 2.45. The number of benzene rings is 1. The molecule has 138 valence electrons. The molecule has 26 heavy (non-hydrogen) atoms. The molecule has 0 spiro atoms. The van der Waals surface area contributed by atoms with Gasteiger partial charge in [-0.3, -0.25) is 0 Å². The summed E-state index contributed by atoms with van der Waals surface area (Å²) in [7, 11) is 0. The zero-order chi connectivity index (χ0) is 18.9. The van der Waals surface area contributed by atoms with Crippen molar-refractivity contribution in [3.63, 3.8) is 0 Å². The summed E-state index contributed by atoms with van der Waals surface area (Å²) in [5.41, 5.74) is 2.08. The van der Waals surface area contributed by atoms with Crippen LogP contribution in [0.5, 0.6) is 5.75 Å². The van der Waals surface area contributed by atoms with E-state index < -0.39 is 24.4 Å². The SMILES string of the molecule is C/C=C(\C=C/CC)c1ccc(OC2OCC(N=O)C(N=O)C2N=O)cc1. The lowest BCUT2D eigenvalue weighted by atomic mass is 9.99. The molecule has 1 aliphatic heterocycles. The minimum absolute atomic E-state index is 0.154. The molecule has 8 nitrogen and oxygen atoms in total. The largest absolute Gasteiger partial charge is 0.462 e. The van der Waals surface area contributed by atoms with Crippen LogP contribution in [-0.4, -0.2) is 31.0 Å². The van der Waals surface area contributed by atoms with Crippen LogP contribution in [0, 0.1) is 14.7 Å². The summed E-state index contributed by atoms with van der Waals surface area (Å²) in [5, 5.41) is 8.43. The maximum Gasteiger partial charge on any atom is 0.228 e. The van der Waals surface area contributed by atoms with Crippen molar-refractivity contribution in [1.82, 2.24) is 0 Å². The van der Waals surface area contributed by atoms with Gasteiger partial charge in [-0.25, -0.2) is 0 Å². The van der Waals surface area contributed by atoms with Gasteiger partial charge in [-0.15, -0.1) is 0 Å². The van der Waals surface area contributed by atoms with E-state index in [2.05, 4.69) is 28.5 Å². The van der Waals surface area contributed by atoms with E-state index in [0.29, 0.717) is 5.75 Å². The van der Waals surface area contributed by atoms with E-state index in [9.17, 15) is 14.7 Å². The molecule has 0 aromatic heterocycles. The highest BCUT2D eigenvalue weighted by atomic mass is 16.7.